The van der Waals surface area contributed by atoms with E-state index in [0.717, 1.165) is 18.5 Å². The van der Waals surface area contributed by atoms with E-state index in [4.69, 9.17) is 23.2 Å². The van der Waals surface area contributed by atoms with Crippen molar-refractivity contribution in [2.24, 2.45) is 0 Å². The standard InChI is InChI=1S/C15H17Cl2N3O/c16-13-4-2-12(14(17)10-13)3-5-15(21)19-6-1-8-20-9-7-18-11-20/h2,4,7,9-11H,1,3,5-6,8H2,(H,19,21). The van der Waals surface area contributed by atoms with E-state index in [9.17, 15) is 4.79 Å². The van der Waals surface area contributed by atoms with Gasteiger partial charge in [-0.3, -0.25) is 4.79 Å². The smallest absolute Gasteiger partial charge is 0.220 e. The van der Waals surface area contributed by atoms with Crippen LogP contribution in [0.15, 0.2) is 36.9 Å². The van der Waals surface area contributed by atoms with E-state index in [1.165, 1.54) is 0 Å². The summed E-state index contributed by atoms with van der Waals surface area (Å²) in [5, 5.41) is 4.12. The molecule has 0 fully saturated rings. The molecule has 0 radical (unpaired) electrons. The number of rotatable bonds is 7. The van der Waals surface area contributed by atoms with E-state index < -0.39 is 0 Å². The number of nitrogens with one attached hydrogen (secondary N) is 1. The van der Waals surface area contributed by atoms with E-state index in [-0.39, 0.29) is 5.91 Å². The summed E-state index contributed by atoms with van der Waals surface area (Å²) < 4.78 is 1.99. The van der Waals surface area contributed by atoms with Crippen LogP contribution in [0.3, 0.4) is 0 Å². The van der Waals surface area contributed by atoms with E-state index in [0.29, 0.717) is 29.4 Å². The Morgan fingerprint density at radius 2 is 2.19 bits per heavy atom. The molecule has 0 aliphatic rings. The lowest BCUT2D eigenvalue weighted by Gasteiger charge is -2.07. The van der Waals surface area contributed by atoms with Crippen molar-refractivity contribution in [2.75, 3.05) is 6.54 Å². The Bertz CT molecular complexity index is 585. The Morgan fingerprint density at radius 1 is 1.33 bits per heavy atom. The molecule has 0 atom stereocenters. The summed E-state index contributed by atoms with van der Waals surface area (Å²) in [4.78, 5) is 15.7. The number of carbonyl (C=O) groups is 1. The molecule has 6 heteroatoms. The summed E-state index contributed by atoms with van der Waals surface area (Å²) in [6, 6.07) is 5.34. The molecule has 4 nitrogen and oxygen atoms in total. The fourth-order valence-corrected chi connectivity index (χ4v) is 2.47. The van der Waals surface area contributed by atoms with Crippen molar-refractivity contribution < 1.29 is 4.79 Å². The number of amides is 1. The molecule has 1 N–H and O–H groups in total. The van der Waals surface area contributed by atoms with Crippen LogP contribution >= 0.6 is 23.2 Å². The zero-order chi connectivity index (χ0) is 15.1. The fraction of sp³-hybridized carbons (Fsp3) is 0.333. The van der Waals surface area contributed by atoms with E-state index in [1.807, 2.05) is 16.8 Å². The number of carbonyl (C=O) groups excluding carboxylic acids is 1. The summed E-state index contributed by atoms with van der Waals surface area (Å²) in [7, 11) is 0. The van der Waals surface area contributed by atoms with Crippen LogP contribution in [0.5, 0.6) is 0 Å². The number of halogens is 2. The second kappa shape index (κ2) is 8.05. The molecule has 2 rings (SSSR count). The van der Waals surface area contributed by atoms with Gasteiger partial charge in [0, 0.05) is 41.9 Å². The van der Waals surface area contributed by atoms with Crippen LogP contribution in [0, 0.1) is 0 Å². The van der Waals surface area contributed by atoms with Crippen molar-refractivity contribution in [3.05, 3.63) is 52.5 Å². The number of hydrogen-bond acceptors (Lipinski definition) is 2. The second-order valence-corrected chi connectivity index (χ2v) is 5.58. The van der Waals surface area contributed by atoms with Gasteiger partial charge in [0.05, 0.1) is 6.33 Å². The van der Waals surface area contributed by atoms with Crippen molar-refractivity contribution in [2.45, 2.75) is 25.8 Å². The molecule has 1 heterocycles. The van der Waals surface area contributed by atoms with Gasteiger partial charge in [0.2, 0.25) is 5.91 Å². The van der Waals surface area contributed by atoms with Crippen LogP contribution in [0.1, 0.15) is 18.4 Å². The zero-order valence-corrected chi connectivity index (χ0v) is 13.1. The van der Waals surface area contributed by atoms with Crippen molar-refractivity contribution in [1.29, 1.82) is 0 Å². The predicted molar refractivity (Wildman–Crippen MR) is 84.6 cm³/mol. The normalized spacial score (nSPS) is 10.6. The van der Waals surface area contributed by atoms with Crippen LogP contribution in [0.4, 0.5) is 0 Å². The Kier molecular flexibility index (Phi) is 6.08. The third kappa shape index (κ3) is 5.40. The lowest BCUT2D eigenvalue weighted by Crippen LogP contribution is -2.25. The number of aryl methyl sites for hydroxylation is 2. The number of aromatic nitrogens is 2. The summed E-state index contributed by atoms with van der Waals surface area (Å²) in [5.41, 5.74) is 0.939. The SMILES string of the molecule is O=C(CCc1ccc(Cl)cc1Cl)NCCCn1ccnc1. The molecule has 1 aromatic heterocycles. The minimum Gasteiger partial charge on any atom is -0.356 e. The third-order valence-corrected chi connectivity index (χ3v) is 3.70. The Balaban J connectivity index is 1.65. The number of hydrogen-bond donors (Lipinski definition) is 1. The molecular weight excluding hydrogens is 309 g/mol. The summed E-state index contributed by atoms with van der Waals surface area (Å²) in [5.74, 6) is 0.0339. The van der Waals surface area contributed by atoms with Gasteiger partial charge in [0.1, 0.15) is 0 Å². The summed E-state index contributed by atoms with van der Waals surface area (Å²) >= 11 is 11.9. The first-order valence-corrected chi connectivity index (χ1v) is 7.57. The Morgan fingerprint density at radius 3 is 2.90 bits per heavy atom. The van der Waals surface area contributed by atoms with Gasteiger partial charge in [-0.25, -0.2) is 4.98 Å². The van der Waals surface area contributed by atoms with Crippen molar-refractivity contribution >= 4 is 29.1 Å². The van der Waals surface area contributed by atoms with Gasteiger partial charge in [-0.1, -0.05) is 29.3 Å². The molecule has 1 aromatic carbocycles. The fourth-order valence-electron chi connectivity index (χ4n) is 1.97. The average molecular weight is 326 g/mol. The van der Waals surface area contributed by atoms with Gasteiger partial charge in [0.25, 0.3) is 0 Å². The maximum absolute atomic E-state index is 11.8. The van der Waals surface area contributed by atoms with Gasteiger partial charge in [-0.05, 0) is 30.5 Å². The summed E-state index contributed by atoms with van der Waals surface area (Å²) in [6.07, 6.45) is 7.34. The molecule has 0 aliphatic heterocycles. The molecule has 0 aliphatic carbocycles. The minimum absolute atomic E-state index is 0.0339. The van der Waals surface area contributed by atoms with Gasteiger partial charge < -0.3 is 9.88 Å². The summed E-state index contributed by atoms with van der Waals surface area (Å²) in [6.45, 7) is 1.51. The van der Waals surface area contributed by atoms with E-state index in [2.05, 4.69) is 10.3 Å². The highest BCUT2D eigenvalue weighted by Gasteiger charge is 2.05. The molecule has 0 bridgehead atoms. The zero-order valence-electron chi connectivity index (χ0n) is 11.6. The maximum Gasteiger partial charge on any atom is 0.220 e. The molecular formula is C15H17Cl2N3O. The van der Waals surface area contributed by atoms with Crippen LogP contribution in [0.2, 0.25) is 10.0 Å². The lowest BCUT2D eigenvalue weighted by molar-refractivity contribution is -0.121. The quantitative estimate of drug-likeness (QED) is 0.794. The third-order valence-electron chi connectivity index (χ3n) is 3.11. The molecule has 0 unspecified atom stereocenters. The second-order valence-electron chi connectivity index (χ2n) is 4.74. The van der Waals surface area contributed by atoms with Crippen LogP contribution in [-0.4, -0.2) is 22.0 Å². The van der Waals surface area contributed by atoms with E-state index in [1.54, 1.807) is 24.7 Å². The van der Waals surface area contributed by atoms with Crippen LogP contribution in [0.25, 0.3) is 0 Å². The Labute approximate surface area is 134 Å². The van der Waals surface area contributed by atoms with Gasteiger partial charge in [-0.2, -0.15) is 0 Å². The molecule has 112 valence electrons. The topological polar surface area (TPSA) is 46.9 Å². The number of imidazole rings is 1. The molecule has 2 aromatic rings. The van der Waals surface area contributed by atoms with Crippen LogP contribution < -0.4 is 5.32 Å². The van der Waals surface area contributed by atoms with Crippen molar-refractivity contribution in [3.8, 4) is 0 Å². The van der Waals surface area contributed by atoms with Gasteiger partial charge in [0.15, 0.2) is 0 Å². The molecule has 0 saturated heterocycles. The van der Waals surface area contributed by atoms with Gasteiger partial charge >= 0.3 is 0 Å². The van der Waals surface area contributed by atoms with Crippen LogP contribution in [-0.2, 0) is 17.8 Å². The first-order chi connectivity index (χ1) is 10.1. The molecule has 0 saturated carbocycles. The largest absolute Gasteiger partial charge is 0.356 e. The minimum atomic E-state index is 0.0339. The number of nitrogens with zero attached hydrogens (tertiary/aromatic N) is 2. The Hall–Kier alpha value is -1.52. The highest BCUT2D eigenvalue weighted by atomic mass is 35.5. The van der Waals surface area contributed by atoms with Gasteiger partial charge in [-0.15, -0.1) is 0 Å². The molecule has 21 heavy (non-hydrogen) atoms. The maximum atomic E-state index is 11.8. The highest BCUT2D eigenvalue weighted by molar-refractivity contribution is 6.35. The number of benzene rings is 1. The molecule has 0 spiro atoms. The van der Waals surface area contributed by atoms with E-state index >= 15 is 0 Å². The monoisotopic (exact) mass is 325 g/mol. The first-order valence-electron chi connectivity index (χ1n) is 6.81. The van der Waals surface area contributed by atoms with Crippen molar-refractivity contribution in [1.82, 2.24) is 14.9 Å². The first kappa shape index (κ1) is 15.9. The highest BCUT2D eigenvalue weighted by Crippen LogP contribution is 2.21. The van der Waals surface area contributed by atoms with Crippen molar-refractivity contribution in [3.63, 3.8) is 0 Å². The average Bonchev–Trinajstić information content (AvgIpc) is 2.96. The lowest BCUT2D eigenvalue weighted by atomic mass is 10.1. The predicted octanol–water partition coefficient (Wildman–Crippen LogP) is 3.33. The molecule has 1 amide bonds.